The summed E-state index contributed by atoms with van der Waals surface area (Å²) in [4.78, 5) is 25.4. The molecular weight excluding hydrogens is 390 g/mol. The Morgan fingerprint density at radius 3 is 2.79 bits per heavy atom. The molecule has 3 N–H and O–H groups in total. The number of hydrogen-bond donors (Lipinski definition) is 3. The van der Waals surface area contributed by atoms with Gasteiger partial charge in [-0.25, -0.2) is 23.5 Å². The lowest BCUT2D eigenvalue weighted by Crippen LogP contribution is -2.39. The van der Waals surface area contributed by atoms with Crippen molar-refractivity contribution in [1.29, 1.82) is 0 Å². The van der Waals surface area contributed by atoms with E-state index in [-0.39, 0.29) is 25.9 Å². The lowest BCUT2D eigenvalue weighted by atomic mass is 10.1. The van der Waals surface area contributed by atoms with E-state index in [9.17, 15) is 13.6 Å². The molecule has 7 nitrogen and oxygen atoms in total. The van der Waals surface area contributed by atoms with E-state index < -0.39 is 12.0 Å². The van der Waals surface area contributed by atoms with Gasteiger partial charge in [0.2, 0.25) is 0 Å². The second kappa shape index (κ2) is 7.23. The summed E-state index contributed by atoms with van der Waals surface area (Å²) in [5.74, 6) is -2.20. The Labute approximate surface area is 164 Å². The summed E-state index contributed by atoms with van der Waals surface area (Å²) >= 11 is 6.26. The minimum atomic E-state index is -2.64. The summed E-state index contributed by atoms with van der Waals surface area (Å²) < 4.78 is 26.6. The molecule has 2 amide bonds. The summed E-state index contributed by atoms with van der Waals surface area (Å²) in [5, 5.41) is 6.47. The first-order chi connectivity index (χ1) is 13.4. The van der Waals surface area contributed by atoms with Crippen LogP contribution in [0.15, 0.2) is 36.8 Å². The second-order valence-electron chi connectivity index (χ2n) is 6.55. The third kappa shape index (κ3) is 3.84. The number of aromatic amines is 1. The Morgan fingerprint density at radius 2 is 2.04 bits per heavy atom. The molecule has 28 heavy (non-hydrogen) atoms. The number of piperidine rings is 1. The minimum Gasteiger partial charge on any atom is -0.355 e. The lowest BCUT2D eigenvalue weighted by Gasteiger charge is -2.33. The first kappa shape index (κ1) is 18.4. The number of carbonyl (C=O) groups is 1. The number of aromatic nitrogens is 3. The highest BCUT2D eigenvalue weighted by Gasteiger charge is 2.34. The molecule has 10 heteroatoms. The van der Waals surface area contributed by atoms with Crippen molar-refractivity contribution in [1.82, 2.24) is 15.0 Å². The summed E-state index contributed by atoms with van der Waals surface area (Å²) in [6.45, 7) is 0.364. The van der Waals surface area contributed by atoms with Crippen molar-refractivity contribution >= 4 is 45.9 Å². The van der Waals surface area contributed by atoms with E-state index in [4.69, 9.17) is 11.6 Å². The number of halogens is 3. The maximum Gasteiger partial charge on any atom is 0.323 e. The molecule has 0 unspecified atom stereocenters. The van der Waals surface area contributed by atoms with E-state index in [0.717, 1.165) is 5.39 Å². The van der Waals surface area contributed by atoms with Gasteiger partial charge in [-0.2, -0.15) is 0 Å². The number of fused-ring (bicyclic) bond motifs is 1. The van der Waals surface area contributed by atoms with E-state index in [1.165, 1.54) is 6.20 Å². The standard InChI is InChI=1S/C18H17ClF2N6O/c19-13-8-11(9-24-16(13)27-6-3-18(20,21)4-7-27)25-17(28)26-14-10-23-15-12(14)2-1-5-22-15/h1-2,5,8-10H,3-4,6-7H2,(H,22,23)(H2,25,26,28). The van der Waals surface area contributed by atoms with Gasteiger partial charge in [0.25, 0.3) is 5.92 Å². The SMILES string of the molecule is O=C(Nc1cnc(N2CCC(F)(F)CC2)c(Cl)c1)Nc1c[nH]c2ncccc12. The van der Waals surface area contributed by atoms with Crippen LogP contribution in [-0.4, -0.2) is 40.0 Å². The molecular formula is C18H17ClF2N6O. The van der Waals surface area contributed by atoms with Gasteiger partial charge in [-0.15, -0.1) is 0 Å². The lowest BCUT2D eigenvalue weighted by molar-refractivity contribution is -0.0221. The summed E-state index contributed by atoms with van der Waals surface area (Å²) in [5.41, 5.74) is 1.65. The molecule has 0 aromatic carbocycles. The maximum atomic E-state index is 13.3. The van der Waals surface area contributed by atoms with Gasteiger partial charge >= 0.3 is 6.03 Å². The predicted octanol–water partition coefficient (Wildman–Crippen LogP) is 4.49. The van der Waals surface area contributed by atoms with Crippen molar-refractivity contribution in [3.05, 3.63) is 41.8 Å². The maximum absolute atomic E-state index is 13.3. The van der Waals surface area contributed by atoms with Gasteiger partial charge < -0.3 is 20.5 Å². The predicted molar refractivity (Wildman–Crippen MR) is 104 cm³/mol. The van der Waals surface area contributed by atoms with Crippen LogP contribution in [-0.2, 0) is 0 Å². The van der Waals surface area contributed by atoms with Gasteiger partial charge in [0, 0.05) is 43.7 Å². The van der Waals surface area contributed by atoms with Gasteiger partial charge in [-0.05, 0) is 18.2 Å². The smallest absolute Gasteiger partial charge is 0.323 e. The zero-order chi connectivity index (χ0) is 19.7. The highest BCUT2D eigenvalue weighted by Crippen LogP contribution is 2.33. The molecule has 3 aromatic heterocycles. The van der Waals surface area contributed by atoms with Crippen LogP contribution in [0.5, 0.6) is 0 Å². The molecule has 4 rings (SSSR count). The molecule has 4 heterocycles. The second-order valence-corrected chi connectivity index (χ2v) is 6.96. The van der Waals surface area contributed by atoms with E-state index in [1.54, 1.807) is 29.4 Å². The number of anilines is 3. The van der Waals surface area contributed by atoms with Crippen LogP contribution < -0.4 is 15.5 Å². The van der Waals surface area contributed by atoms with Gasteiger partial charge in [-0.1, -0.05) is 11.6 Å². The molecule has 1 saturated heterocycles. The van der Waals surface area contributed by atoms with Crippen molar-refractivity contribution in [3.8, 4) is 0 Å². The van der Waals surface area contributed by atoms with Gasteiger partial charge in [0.1, 0.15) is 11.5 Å². The number of rotatable bonds is 3. The highest BCUT2D eigenvalue weighted by molar-refractivity contribution is 6.33. The molecule has 0 atom stereocenters. The average molecular weight is 407 g/mol. The average Bonchev–Trinajstić information content (AvgIpc) is 3.05. The Bertz CT molecular complexity index is 1010. The topological polar surface area (TPSA) is 85.9 Å². The van der Waals surface area contributed by atoms with Crippen molar-refractivity contribution < 1.29 is 13.6 Å². The van der Waals surface area contributed by atoms with Crippen molar-refractivity contribution in [2.45, 2.75) is 18.8 Å². The number of pyridine rings is 2. The van der Waals surface area contributed by atoms with Crippen LogP contribution in [0.3, 0.4) is 0 Å². The molecule has 0 saturated carbocycles. The fourth-order valence-electron chi connectivity index (χ4n) is 3.12. The van der Waals surface area contributed by atoms with Gasteiger partial charge in [0.15, 0.2) is 0 Å². The van der Waals surface area contributed by atoms with Gasteiger partial charge in [0.05, 0.1) is 22.6 Å². The third-order valence-electron chi connectivity index (χ3n) is 4.57. The van der Waals surface area contributed by atoms with Crippen LogP contribution in [0, 0.1) is 0 Å². The molecule has 0 radical (unpaired) electrons. The Hall–Kier alpha value is -2.94. The zero-order valence-electron chi connectivity index (χ0n) is 14.7. The molecule has 0 aliphatic carbocycles. The Kier molecular flexibility index (Phi) is 4.76. The fraction of sp³-hybridized carbons (Fsp3) is 0.278. The summed E-state index contributed by atoms with van der Waals surface area (Å²) in [7, 11) is 0. The fourth-order valence-corrected chi connectivity index (χ4v) is 3.41. The molecule has 146 valence electrons. The first-order valence-corrected chi connectivity index (χ1v) is 9.07. The number of H-pyrrole nitrogens is 1. The van der Waals surface area contributed by atoms with Crippen molar-refractivity contribution in [2.75, 3.05) is 28.6 Å². The number of carbonyl (C=O) groups excluding carboxylic acids is 1. The largest absolute Gasteiger partial charge is 0.355 e. The number of amides is 2. The molecule has 0 bridgehead atoms. The minimum absolute atomic E-state index is 0.182. The Morgan fingerprint density at radius 1 is 1.25 bits per heavy atom. The van der Waals surface area contributed by atoms with E-state index >= 15 is 0 Å². The van der Waals surface area contributed by atoms with Crippen LogP contribution in [0.2, 0.25) is 5.02 Å². The summed E-state index contributed by atoms with van der Waals surface area (Å²) in [6.07, 6.45) is 4.29. The Balaban J connectivity index is 1.42. The normalized spacial score (nSPS) is 16.2. The number of nitrogens with one attached hydrogen (secondary N) is 3. The monoisotopic (exact) mass is 406 g/mol. The van der Waals surface area contributed by atoms with E-state index in [2.05, 4.69) is 25.6 Å². The highest BCUT2D eigenvalue weighted by atomic mass is 35.5. The molecule has 1 fully saturated rings. The van der Waals surface area contributed by atoms with Crippen LogP contribution >= 0.6 is 11.6 Å². The van der Waals surface area contributed by atoms with Gasteiger partial charge in [-0.3, -0.25) is 0 Å². The quantitative estimate of drug-likeness (QED) is 0.598. The number of alkyl halides is 2. The molecule has 1 aliphatic rings. The first-order valence-electron chi connectivity index (χ1n) is 8.70. The molecule has 1 aliphatic heterocycles. The number of nitrogens with zero attached hydrogens (tertiary/aromatic N) is 3. The van der Waals surface area contributed by atoms with Crippen LogP contribution in [0.1, 0.15) is 12.8 Å². The molecule has 0 spiro atoms. The number of urea groups is 1. The summed E-state index contributed by atoms with van der Waals surface area (Å²) in [6, 6.07) is 4.70. The third-order valence-corrected chi connectivity index (χ3v) is 4.85. The van der Waals surface area contributed by atoms with Crippen LogP contribution in [0.4, 0.5) is 30.8 Å². The molecule has 3 aromatic rings. The van der Waals surface area contributed by atoms with Crippen molar-refractivity contribution in [3.63, 3.8) is 0 Å². The van der Waals surface area contributed by atoms with E-state index in [1.807, 2.05) is 6.07 Å². The van der Waals surface area contributed by atoms with Crippen LogP contribution in [0.25, 0.3) is 11.0 Å². The zero-order valence-corrected chi connectivity index (χ0v) is 15.4. The van der Waals surface area contributed by atoms with E-state index in [0.29, 0.717) is 27.9 Å². The van der Waals surface area contributed by atoms with Crippen molar-refractivity contribution in [2.24, 2.45) is 0 Å². The number of hydrogen-bond acceptors (Lipinski definition) is 4.